The summed E-state index contributed by atoms with van der Waals surface area (Å²) in [7, 11) is 0. The molecule has 5 nitrogen and oxygen atoms in total. The molecule has 2 rings (SSSR count). The average molecular weight is 291 g/mol. The van der Waals surface area contributed by atoms with Crippen molar-refractivity contribution in [2.45, 2.75) is 32.8 Å². The number of aliphatic carboxylic acids is 1. The lowest BCUT2D eigenvalue weighted by Gasteiger charge is -2.23. The maximum atomic E-state index is 12.0. The van der Waals surface area contributed by atoms with Gasteiger partial charge in [0.1, 0.15) is 6.61 Å². The molecule has 0 radical (unpaired) electrons. The quantitative estimate of drug-likeness (QED) is 0.905. The van der Waals surface area contributed by atoms with Crippen molar-refractivity contribution in [3.05, 3.63) is 35.9 Å². The summed E-state index contributed by atoms with van der Waals surface area (Å²) < 4.78 is 5.26. The minimum atomic E-state index is -0.817. The second-order valence-corrected chi connectivity index (χ2v) is 5.55. The van der Waals surface area contributed by atoms with Gasteiger partial charge in [0, 0.05) is 13.1 Å². The van der Waals surface area contributed by atoms with E-state index < -0.39 is 17.5 Å². The van der Waals surface area contributed by atoms with E-state index in [0.717, 1.165) is 12.0 Å². The van der Waals surface area contributed by atoms with E-state index in [1.54, 1.807) is 0 Å². The fourth-order valence-electron chi connectivity index (χ4n) is 2.80. The monoisotopic (exact) mass is 291 g/mol. The largest absolute Gasteiger partial charge is 0.481 e. The van der Waals surface area contributed by atoms with E-state index in [1.807, 2.05) is 37.3 Å². The van der Waals surface area contributed by atoms with E-state index in [4.69, 9.17) is 4.74 Å². The van der Waals surface area contributed by atoms with Gasteiger partial charge in [-0.05, 0) is 18.4 Å². The predicted molar refractivity (Wildman–Crippen MR) is 77.8 cm³/mol. The van der Waals surface area contributed by atoms with Crippen LogP contribution in [0.5, 0.6) is 0 Å². The highest BCUT2D eigenvalue weighted by molar-refractivity contribution is 5.77. The number of hydrogen-bond donors (Lipinski definition) is 1. The second kappa shape index (κ2) is 6.61. The Hall–Kier alpha value is -2.04. The van der Waals surface area contributed by atoms with Gasteiger partial charge in [-0.15, -0.1) is 0 Å². The molecule has 21 heavy (non-hydrogen) atoms. The number of carboxylic acid groups (broad SMARTS) is 1. The number of carbonyl (C=O) groups is 2. The van der Waals surface area contributed by atoms with Gasteiger partial charge >= 0.3 is 12.1 Å². The topological polar surface area (TPSA) is 66.8 Å². The number of likely N-dealkylation sites (tertiary alicyclic amines) is 1. The fourth-order valence-corrected chi connectivity index (χ4v) is 2.80. The van der Waals surface area contributed by atoms with Crippen molar-refractivity contribution in [2.75, 3.05) is 13.1 Å². The van der Waals surface area contributed by atoms with Crippen LogP contribution in [0.2, 0.25) is 0 Å². The average Bonchev–Trinajstić information content (AvgIpc) is 2.92. The SMILES string of the molecule is CCCC1(C(=O)O)CCN(C(=O)OCc2ccccc2)C1. The standard InChI is InChI=1S/C16H21NO4/c1-2-8-16(14(18)19)9-10-17(12-16)15(20)21-11-13-6-4-3-5-7-13/h3-7H,2,8-12H2,1H3,(H,18,19). The summed E-state index contributed by atoms with van der Waals surface area (Å²) in [5.41, 5.74) is 0.114. The molecular weight excluding hydrogens is 270 g/mol. The Morgan fingerprint density at radius 3 is 2.67 bits per heavy atom. The van der Waals surface area contributed by atoms with Gasteiger partial charge in [-0.25, -0.2) is 4.79 Å². The summed E-state index contributed by atoms with van der Waals surface area (Å²) in [5.74, 6) is -0.817. The molecule has 1 fully saturated rings. The van der Waals surface area contributed by atoms with Crippen LogP contribution in [-0.2, 0) is 16.1 Å². The van der Waals surface area contributed by atoms with E-state index in [9.17, 15) is 14.7 Å². The van der Waals surface area contributed by atoms with Crippen LogP contribution >= 0.6 is 0 Å². The van der Waals surface area contributed by atoms with Crippen LogP contribution < -0.4 is 0 Å². The first kappa shape index (κ1) is 15.4. The number of benzene rings is 1. The van der Waals surface area contributed by atoms with Crippen molar-refractivity contribution in [2.24, 2.45) is 5.41 Å². The van der Waals surface area contributed by atoms with Crippen LogP contribution in [0.25, 0.3) is 0 Å². The molecule has 1 saturated heterocycles. The molecule has 1 aromatic carbocycles. The Morgan fingerprint density at radius 1 is 1.33 bits per heavy atom. The Bertz CT molecular complexity index is 502. The van der Waals surface area contributed by atoms with E-state index in [-0.39, 0.29) is 13.2 Å². The van der Waals surface area contributed by atoms with Crippen molar-refractivity contribution in [3.63, 3.8) is 0 Å². The number of amides is 1. The second-order valence-electron chi connectivity index (χ2n) is 5.55. The number of ether oxygens (including phenoxy) is 1. The zero-order valence-corrected chi connectivity index (χ0v) is 12.2. The van der Waals surface area contributed by atoms with Crippen LogP contribution in [0.15, 0.2) is 30.3 Å². The first-order valence-corrected chi connectivity index (χ1v) is 7.26. The zero-order chi connectivity index (χ0) is 15.3. The summed E-state index contributed by atoms with van der Waals surface area (Å²) in [6.45, 7) is 2.86. The first-order chi connectivity index (χ1) is 10.1. The molecule has 1 N–H and O–H groups in total. The molecule has 1 unspecified atom stereocenters. The van der Waals surface area contributed by atoms with Crippen molar-refractivity contribution in [1.29, 1.82) is 0 Å². The van der Waals surface area contributed by atoms with Crippen LogP contribution in [0.1, 0.15) is 31.7 Å². The summed E-state index contributed by atoms with van der Waals surface area (Å²) >= 11 is 0. The highest BCUT2D eigenvalue weighted by Crippen LogP contribution is 2.35. The van der Waals surface area contributed by atoms with Gasteiger partial charge in [-0.1, -0.05) is 43.7 Å². The van der Waals surface area contributed by atoms with Crippen LogP contribution in [0.4, 0.5) is 4.79 Å². The Labute approximate surface area is 124 Å². The normalized spacial score (nSPS) is 21.3. The van der Waals surface area contributed by atoms with Crippen LogP contribution in [0, 0.1) is 5.41 Å². The number of carbonyl (C=O) groups excluding carboxylic acids is 1. The highest BCUT2D eigenvalue weighted by atomic mass is 16.6. The van der Waals surface area contributed by atoms with Gasteiger partial charge in [0.25, 0.3) is 0 Å². The minimum absolute atomic E-state index is 0.212. The summed E-state index contributed by atoms with van der Waals surface area (Å²) in [5, 5.41) is 9.42. The molecule has 1 amide bonds. The maximum absolute atomic E-state index is 12.0. The third-order valence-corrected chi connectivity index (χ3v) is 4.00. The van der Waals surface area contributed by atoms with E-state index in [0.29, 0.717) is 19.4 Å². The van der Waals surface area contributed by atoms with E-state index in [1.165, 1.54) is 4.90 Å². The summed E-state index contributed by atoms with van der Waals surface area (Å²) in [6.07, 6.45) is 1.44. The number of nitrogens with zero attached hydrogens (tertiary/aromatic N) is 1. The molecule has 0 spiro atoms. The Kier molecular flexibility index (Phi) is 4.83. The van der Waals surface area contributed by atoms with Gasteiger partial charge < -0.3 is 14.7 Å². The summed E-state index contributed by atoms with van der Waals surface area (Å²) in [4.78, 5) is 25.0. The minimum Gasteiger partial charge on any atom is -0.481 e. The van der Waals surface area contributed by atoms with Crippen LogP contribution in [0.3, 0.4) is 0 Å². The highest BCUT2D eigenvalue weighted by Gasteiger charge is 2.45. The number of hydrogen-bond acceptors (Lipinski definition) is 3. The molecule has 0 aliphatic carbocycles. The maximum Gasteiger partial charge on any atom is 0.410 e. The van der Waals surface area contributed by atoms with Crippen molar-refractivity contribution < 1.29 is 19.4 Å². The van der Waals surface area contributed by atoms with E-state index in [2.05, 4.69) is 0 Å². The lowest BCUT2D eigenvalue weighted by atomic mass is 9.83. The van der Waals surface area contributed by atoms with E-state index >= 15 is 0 Å². The Balaban J connectivity index is 1.91. The number of carboxylic acids is 1. The molecule has 1 aliphatic rings. The molecule has 0 aromatic heterocycles. The van der Waals surface area contributed by atoms with Gasteiger partial charge in [0.15, 0.2) is 0 Å². The Morgan fingerprint density at radius 2 is 2.05 bits per heavy atom. The van der Waals surface area contributed by atoms with Gasteiger partial charge in [0.2, 0.25) is 0 Å². The van der Waals surface area contributed by atoms with Gasteiger partial charge in [-0.2, -0.15) is 0 Å². The van der Waals surface area contributed by atoms with Crippen molar-refractivity contribution in [1.82, 2.24) is 4.90 Å². The lowest BCUT2D eigenvalue weighted by molar-refractivity contribution is -0.148. The van der Waals surface area contributed by atoms with Crippen molar-refractivity contribution >= 4 is 12.1 Å². The number of rotatable bonds is 5. The smallest absolute Gasteiger partial charge is 0.410 e. The molecule has 0 bridgehead atoms. The molecule has 1 heterocycles. The van der Waals surface area contributed by atoms with Gasteiger partial charge in [0.05, 0.1) is 5.41 Å². The third kappa shape index (κ3) is 3.54. The third-order valence-electron chi connectivity index (χ3n) is 4.00. The molecule has 114 valence electrons. The van der Waals surface area contributed by atoms with Gasteiger partial charge in [-0.3, -0.25) is 4.79 Å². The molecule has 0 saturated carbocycles. The predicted octanol–water partition coefficient (Wildman–Crippen LogP) is 2.90. The van der Waals surface area contributed by atoms with Crippen molar-refractivity contribution in [3.8, 4) is 0 Å². The van der Waals surface area contributed by atoms with Crippen LogP contribution in [-0.4, -0.2) is 35.2 Å². The molecule has 5 heteroatoms. The molecule has 1 aromatic rings. The first-order valence-electron chi connectivity index (χ1n) is 7.26. The summed E-state index contributed by atoms with van der Waals surface area (Å²) in [6, 6.07) is 9.44. The molecule has 1 atom stereocenters. The zero-order valence-electron chi connectivity index (χ0n) is 12.2. The molecular formula is C16H21NO4. The lowest BCUT2D eigenvalue weighted by Crippen LogP contribution is -2.37. The fraction of sp³-hybridized carbons (Fsp3) is 0.500. The molecule has 1 aliphatic heterocycles.